The van der Waals surface area contributed by atoms with E-state index in [-0.39, 0.29) is 127 Å². The van der Waals surface area contributed by atoms with Gasteiger partial charge in [-0.2, -0.15) is 89.0 Å². The van der Waals surface area contributed by atoms with Crippen molar-refractivity contribution < 1.29 is 163 Å². The molecule has 119 heavy (non-hydrogen) atoms. The molecule has 0 radical (unpaired) electrons. The van der Waals surface area contributed by atoms with Crippen molar-refractivity contribution in [3.05, 3.63) is 185 Å². The van der Waals surface area contributed by atoms with Gasteiger partial charge in [-0.25, -0.2) is 58.7 Å². The number of ether oxygens (including phenoxy) is 4. The van der Waals surface area contributed by atoms with E-state index in [0.29, 0.717) is 56.5 Å². The van der Waals surface area contributed by atoms with Crippen LogP contribution in [0.1, 0.15) is 78.3 Å². The third-order valence-corrected chi connectivity index (χ3v) is 16.8. The Morgan fingerprint density at radius 1 is 0.546 bits per heavy atom. The first-order chi connectivity index (χ1) is 53.9. The summed E-state index contributed by atoms with van der Waals surface area (Å²) >= 11 is 35.0. The number of aromatic carboxylic acids is 1. The van der Waals surface area contributed by atoms with Gasteiger partial charge < -0.3 is 46.4 Å². The molecule has 0 fully saturated rings. The van der Waals surface area contributed by atoms with Crippen molar-refractivity contribution in [2.75, 3.05) is 20.8 Å². The fraction of sp³-hybridized carbons (Fsp3) is 0.211. The summed E-state index contributed by atoms with van der Waals surface area (Å²) in [5.74, 6) is -1.88. The van der Waals surface area contributed by atoms with Crippen LogP contribution in [0.25, 0.3) is 32.5 Å². The van der Waals surface area contributed by atoms with Gasteiger partial charge in [0.1, 0.15) is 33.6 Å². The number of aliphatic hydroxyl groups is 1. The molecule has 0 atom stereocenters. The van der Waals surface area contributed by atoms with Gasteiger partial charge in [-0.05, 0) is 76.0 Å². The van der Waals surface area contributed by atoms with Crippen LogP contribution >= 0.6 is 176 Å². The van der Waals surface area contributed by atoms with Crippen LogP contribution in [0.15, 0.2) is 104 Å². The summed E-state index contributed by atoms with van der Waals surface area (Å²) in [6.45, 7) is 1.96. The van der Waals surface area contributed by atoms with Gasteiger partial charge in [0.2, 0.25) is 31.0 Å². The van der Waals surface area contributed by atoms with Crippen LogP contribution in [0.2, 0.25) is 15.5 Å². The van der Waals surface area contributed by atoms with E-state index in [1.165, 1.54) is 12.1 Å². The number of methoxy groups -OCH3 is 2. The van der Waals surface area contributed by atoms with Crippen molar-refractivity contribution in [2.24, 2.45) is 5.73 Å². The van der Waals surface area contributed by atoms with Crippen molar-refractivity contribution in [3.8, 4) is 55.8 Å². The molecule has 0 aliphatic heterocycles. The van der Waals surface area contributed by atoms with E-state index in [1.807, 2.05) is 36.4 Å². The number of nitrogens with one attached hydrogen (secondary N) is 2. The fourth-order valence-corrected chi connectivity index (χ4v) is 11.4. The van der Waals surface area contributed by atoms with Gasteiger partial charge in [0.05, 0.1) is 33.5 Å². The zero-order chi connectivity index (χ0) is 88.9. The number of aliphatic hydroxyl groups excluding tert-OH is 1. The van der Waals surface area contributed by atoms with E-state index in [4.69, 9.17) is 79.7 Å². The molecule has 11 aromatic rings. The van der Waals surface area contributed by atoms with Crippen LogP contribution in [0.3, 0.4) is 0 Å². The number of aromatic hydroxyl groups is 1. The molecule has 0 aliphatic rings. The predicted molar refractivity (Wildman–Crippen MR) is 409 cm³/mol. The summed E-state index contributed by atoms with van der Waals surface area (Å²) < 4.78 is 258. The van der Waals surface area contributed by atoms with Crippen molar-refractivity contribution in [2.45, 2.75) is 57.2 Å². The molecule has 9 heterocycles. The Morgan fingerprint density at radius 3 is 1.20 bits per heavy atom. The number of carbonyl (C=O) groups is 2. The first kappa shape index (κ1) is 111. The molecule has 26 nitrogen and oxygen atoms in total. The van der Waals surface area contributed by atoms with E-state index < -0.39 is 120 Å². The van der Waals surface area contributed by atoms with Crippen LogP contribution in [0, 0.1) is 5.41 Å². The molecule has 0 saturated heterocycles. The summed E-state index contributed by atoms with van der Waals surface area (Å²) in [7, 11) is 10.5. The number of aromatic nitrogens is 12. The van der Waals surface area contributed by atoms with Crippen LogP contribution in [-0.4, -0.2) is 118 Å². The number of H-pyrrole nitrogens is 1. The molecule has 0 saturated carbocycles. The fourth-order valence-electron chi connectivity index (χ4n) is 6.45. The van der Waals surface area contributed by atoms with Crippen LogP contribution < -0.4 is 55.1 Å². The first-order valence-corrected chi connectivity index (χ1v) is 42.5. The van der Waals surface area contributed by atoms with Gasteiger partial charge in [0.15, 0.2) is 77.5 Å². The minimum Gasteiger partial charge on any atom is -1.00 e. The van der Waals surface area contributed by atoms with Crippen LogP contribution in [-0.2, 0) is 68.8 Å². The Hall–Kier alpha value is -6.44. The molecule has 9 aromatic heterocycles. The number of nitrogens with zero attached hydrogens (tertiary/aromatic N) is 11. The Bertz CT molecular complexity index is 5060. The third-order valence-electron chi connectivity index (χ3n) is 11.2. The number of alkyl halides is 18. The predicted octanol–water partition coefficient (Wildman–Crippen LogP) is 18.6. The number of thiazole rings is 6. The number of halogens is 27. The molecule has 0 spiro atoms. The Balaban J connectivity index is 0.00000137. The number of hydrogen-bond donors (Lipinski definition) is 6. The number of carboxylic acids is 1. The molecule has 648 valence electrons. The maximum Gasteiger partial charge on any atom is 1.00 e. The van der Waals surface area contributed by atoms with Gasteiger partial charge in [0, 0.05) is 65.8 Å². The largest absolute Gasteiger partial charge is 1.00 e. The second-order valence-corrected chi connectivity index (χ2v) is 35.0. The number of amidine groups is 1. The quantitative estimate of drug-likeness (QED) is 0.00912. The van der Waals surface area contributed by atoms with Gasteiger partial charge in [-0.1, -0.05) is 59.1 Å². The number of carbonyl (C=O) groups excluding carboxylic acids is 1. The Labute approximate surface area is 748 Å². The molecule has 0 unspecified atom stereocenters. The molecule has 0 amide bonds. The zero-order valence-corrected chi connectivity index (χ0v) is 73.5. The molecular weight excluding hydrogens is 2010 g/mol. The molecule has 11 rings (SSSR count). The van der Waals surface area contributed by atoms with Crippen LogP contribution in [0.4, 0.5) is 79.0 Å². The molecule has 7 N–H and O–H groups in total. The second kappa shape index (κ2) is 50.4. The van der Waals surface area contributed by atoms with Crippen molar-refractivity contribution in [3.63, 3.8) is 0 Å². The second-order valence-electron chi connectivity index (χ2n) is 19.5. The summed E-state index contributed by atoms with van der Waals surface area (Å²) in [4.78, 5) is 72.5. The smallest absolute Gasteiger partial charge is 1.00 e. The molecule has 0 bridgehead atoms. The van der Waals surface area contributed by atoms with Crippen molar-refractivity contribution in [1.82, 2.24) is 59.8 Å². The number of esters is 1. The average molecular weight is 2050 g/mol. The van der Waals surface area contributed by atoms with E-state index in [9.17, 15) is 98.0 Å². The SMILES string of the molecule is CCOC(=O)c1nc(C(F)(F)F)cs1.COc1ccc(CO)cc1.COc1ccc(COc2cc(Cl)nc(-c3nc(C(F)(F)F)cs3)n2)cc1.Cl.FC(F)(F)c1csc(-c2nc(Cl)cc(Cl)n2)n1.N=C(N)c1nc(C(F)(F)F)cs1.O=C(O)c1nc(C(F)(F)F)cs1.O=P(Cl)(Cl)Cl.O=S(Cl)Cl.O=c1cc(O)nc(-c2nc(C(F)(F)F)cs2)[nH]1.[H-].[Na+]. The Morgan fingerprint density at radius 2 is 0.874 bits per heavy atom. The number of benzene rings is 2. The van der Waals surface area contributed by atoms with Gasteiger partial charge >= 0.3 is 83.8 Å². The molecule has 0 aliphatic carbocycles. The topological polar surface area (TPSA) is 390 Å². The monoisotopic (exact) mass is 2050 g/mol. The third kappa shape index (κ3) is 42.5. The minimum absolute atomic E-state index is 0. The summed E-state index contributed by atoms with van der Waals surface area (Å²) in [5.41, 5.74) is -0.257. The van der Waals surface area contributed by atoms with Crippen molar-refractivity contribution >= 4 is 203 Å². The Kier molecular flexibility index (Phi) is 46.8. The van der Waals surface area contributed by atoms with E-state index >= 15 is 0 Å². The van der Waals surface area contributed by atoms with Gasteiger partial charge in [0.25, 0.3) is 5.56 Å². The number of aromatic amines is 1. The molecule has 62 heteroatoms. The van der Waals surface area contributed by atoms with Crippen molar-refractivity contribution in [1.29, 1.82) is 5.41 Å². The number of hydrogen-bond acceptors (Lipinski definition) is 29. The maximum atomic E-state index is 12.7. The van der Waals surface area contributed by atoms with Crippen LogP contribution in [0.5, 0.6) is 23.3 Å². The normalized spacial score (nSPS) is 11.1. The van der Waals surface area contributed by atoms with Gasteiger partial charge in [-0.15, -0.1) is 80.4 Å². The molecular formula is C57H41Cl9F18N14NaO12PS7. The number of nitrogens with two attached hydrogens (primary N) is 1. The zero-order valence-electron chi connectivity index (χ0n) is 59.0. The van der Waals surface area contributed by atoms with E-state index in [0.717, 1.165) is 72.5 Å². The van der Waals surface area contributed by atoms with E-state index in [2.05, 4.69) is 120 Å². The number of nitrogen functional groups attached to an aromatic ring is 1. The van der Waals surface area contributed by atoms with Gasteiger partial charge in [-0.3, -0.25) is 14.8 Å². The number of carboxylic acid groups (broad SMARTS) is 1. The maximum absolute atomic E-state index is 12.7. The van der Waals surface area contributed by atoms with E-state index in [1.54, 1.807) is 33.3 Å². The molecule has 2 aromatic carbocycles. The summed E-state index contributed by atoms with van der Waals surface area (Å²) in [6.07, 6.45) is -27.1. The number of rotatable bonds is 13. The summed E-state index contributed by atoms with van der Waals surface area (Å²) in [6, 6.07) is 18.0. The minimum atomic E-state index is -4.57. The summed E-state index contributed by atoms with van der Waals surface area (Å²) in [5, 5.41) is 33.5. The standard InChI is InChI=1S/C16H11ClF3N3O2S.C8H2Cl2F3N3S.C8H4F3N3O2S.C8H10O2.C7H6F3NO2S.C5H4F3N3S.C5H2F3NO2S.Cl3OP.Cl2OS.ClH.Na.H/c1-24-10-4-2-9(3-5-10)7-25-13-6-12(17)22-14(23-13)15-21-11(8-26-15)16(18,19)20;9-4-1-5(10)16-6(15-4)7-14-3(2-17-7)8(11,12)13;9-8(10,11)3-2-17-7(12-3)6-13-4(15)1-5(16)14-6;1-10-8-4-2-7(6-9)3-5-8;1-2-13-6(12)5-11-4(3-14-5)7(8,9)10;6-5(7,8)2-1-12-4(11-2)3(9)10;6-5(7,8)2-1-12-3(9-2)4(10)11;1-5(2,3)4;1-4(2)3;;;/h2-6,8H,7H2,1H3;1-2H;1-2H,(H2,13,14,15,16);2-5,9H,6H2,1H3;3H,2H2,1H3;1H,(H3,9,10);1H,(H,10,11);;;1H;;/q;;;;;;;;;;+1;-1. The average Bonchev–Trinajstić information content (AvgIpc) is 1.60. The first-order valence-electron chi connectivity index (χ1n) is 28.8.